The molecule has 19 heavy (non-hydrogen) atoms. The minimum absolute atomic E-state index is 0.337. The predicted molar refractivity (Wildman–Crippen MR) is 78.7 cm³/mol. The molecule has 0 amide bonds. The molecular weight excluding hydrogens is 262 g/mol. The number of hydrogen-bond acceptors (Lipinski definition) is 3. The van der Waals surface area contributed by atoms with Crippen molar-refractivity contribution < 1.29 is 4.74 Å². The van der Waals surface area contributed by atoms with Gasteiger partial charge in [0.25, 0.3) is 0 Å². The maximum absolute atomic E-state index is 6.04. The molecule has 0 bridgehead atoms. The van der Waals surface area contributed by atoms with Crippen molar-refractivity contribution in [3.05, 3.63) is 28.8 Å². The van der Waals surface area contributed by atoms with Gasteiger partial charge in [0.1, 0.15) is 11.6 Å². The summed E-state index contributed by atoms with van der Waals surface area (Å²) in [5.74, 6) is 6.98. The monoisotopic (exact) mass is 281 g/mol. The Morgan fingerprint density at radius 2 is 2.11 bits per heavy atom. The van der Waals surface area contributed by atoms with Crippen molar-refractivity contribution in [1.29, 1.82) is 0 Å². The first-order valence-corrected chi connectivity index (χ1v) is 7.00. The highest BCUT2D eigenvalue weighted by molar-refractivity contribution is 6.31. The molecule has 5 heteroatoms. The Bertz CT molecular complexity index is 456. The molecule has 104 valence electrons. The fourth-order valence-corrected chi connectivity index (χ4v) is 2.61. The van der Waals surface area contributed by atoms with E-state index in [1.165, 1.54) is 19.3 Å². The molecule has 1 aliphatic carbocycles. The van der Waals surface area contributed by atoms with Crippen molar-refractivity contribution in [1.82, 2.24) is 5.43 Å². The number of methoxy groups -OCH3 is 1. The minimum Gasteiger partial charge on any atom is -0.496 e. The Hall–Kier alpha value is -1.26. The van der Waals surface area contributed by atoms with Crippen LogP contribution in [0, 0.1) is 0 Å². The van der Waals surface area contributed by atoms with Gasteiger partial charge in [0.05, 0.1) is 18.7 Å². The third kappa shape index (κ3) is 3.61. The molecule has 0 atom stereocenters. The molecule has 2 rings (SSSR count). The number of aliphatic imine (C=N–C) groups is 1. The van der Waals surface area contributed by atoms with Gasteiger partial charge in [0.15, 0.2) is 0 Å². The summed E-state index contributed by atoms with van der Waals surface area (Å²) in [6.07, 6.45) is 6.01. The second-order valence-corrected chi connectivity index (χ2v) is 5.19. The van der Waals surface area contributed by atoms with Crippen LogP contribution >= 0.6 is 11.6 Å². The van der Waals surface area contributed by atoms with Gasteiger partial charge in [-0.25, -0.2) is 5.84 Å². The molecule has 3 N–H and O–H groups in total. The summed E-state index contributed by atoms with van der Waals surface area (Å²) < 4.78 is 5.34. The number of amidine groups is 1. The summed E-state index contributed by atoms with van der Waals surface area (Å²) in [5, 5.41) is 0.641. The van der Waals surface area contributed by atoms with Crippen molar-refractivity contribution in [2.45, 2.75) is 38.1 Å². The van der Waals surface area contributed by atoms with Gasteiger partial charge in [-0.15, -0.1) is 0 Å². The normalized spacial score (nSPS) is 17.3. The summed E-state index contributed by atoms with van der Waals surface area (Å²) in [6.45, 7) is 0. The maximum atomic E-state index is 6.04. The second-order valence-electron chi connectivity index (χ2n) is 4.76. The minimum atomic E-state index is 0.337. The number of ether oxygens (including phenoxy) is 1. The first-order valence-electron chi connectivity index (χ1n) is 6.63. The zero-order chi connectivity index (χ0) is 13.7. The second kappa shape index (κ2) is 6.78. The molecule has 0 aliphatic heterocycles. The number of benzene rings is 1. The van der Waals surface area contributed by atoms with Gasteiger partial charge in [-0.05, 0) is 31.0 Å². The Morgan fingerprint density at radius 1 is 1.37 bits per heavy atom. The fraction of sp³-hybridized carbons (Fsp3) is 0.500. The molecule has 0 spiro atoms. The lowest BCUT2D eigenvalue weighted by molar-refractivity contribution is 0.413. The molecule has 0 unspecified atom stereocenters. The number of nitrogens with two attached hydrogens (primary N) is 1. The molecule has 0 radical (unpaired) electrons. The predicted octanol–water partition coefficient (Wildman–Crippen LogP) is 2.89. The third-order valence-electron chi connectivity index (χ3n) is 3.44. The highest BCUT2D eigenvalue weighted by Gasteiger charge is 2.16. The molecule has 0 heterocycles. The van der Waals surface area contributed by atoms with E-state index in [2.05, 4.69) is 5.43 Å². The molecular formula is C14H20ClN3O. The van der Waals surface area contributed by atoms with Crippen LogP contribution in [0.3, 0.4) is 0 Å². The van der Waals surface area contributed by atoms with E-state index >= 15 is 0 Å². The van der Waals surface area contributed by atoms with E-state index in [-0.39, 0.29) is 0 Å². The van der Waals surface area contributed by atoms with Crippen LogP contribution in [0.15, 0.2) is 23.2 Å². The smallest absolute Gasteiger partial charge is 0.146 e. The van der Waals surface area contributed by atoms with Crippen molar-refractivity contribution in [2.75, 3.05) is 7.11 Å². The van der Waals surface area contributed by atoms with Crippen LogP contribution in [-0.2, 0) is 0 Å². The van der Waals surface area contributed by atoms with E-state index in [0.29, 0.717) is 16.9 Å². The SMILES string of the molecule is COc1ccc(Cl)cc1C(=NC1CCCCC1)NN. The highest BCUT2D eigenvalue weighted by Crippen LogP contribution is 2.25. The van der Waals surface area contributed by atoms with Gasteiger partial charge >= 0.3 is 0 Å². The Balaban J connectivity index is 2.29. The van der Waals surface area contributed by atoms with E-state index in [4.69, 9.17) is 27.2 Å². The lowest BCUT2D eigenvalue weighted by Gasteiger charge is -2.20. The van der Waals surface area contributed by atoms with Crippen LogP contribution in [0.25, 0.3) is 0 Å². The summed E-state index contributed by atoms with van der Waals surface area (Å²) in [7, 11) is 1.63. The average molecular weight is 282 g/mol. The molecule has 4 nitrogen and oxygen atoms in total. The lowest BCUT2D eigenvalue weighted by Crippen LogP contribution is -2.33. The van der Waals surface area contributed by atoms with E-state index in [1.807, 2.05) is 12.1 Å². The van der Waals surface area contributed by atoms with Gasteiger partial charge < -0.3 is 10.2 Å². The lowest BCUT2D eigenvalue weighted by atomic mass is 9.96. The van der Waals surface area contributed by atoms with Crippen LogP contribution in [0.4, 0.5) is 0 Å². The molecule has 1 aliphatic rings. The topological polar surface area (TPSA) is 59.6 Å². The van der Waals surface area contributed by atoms with Crippen molar-refractivity contribution in [2.24, 2.45) is 10.8 Å². The number of hydrazine groups is 1. The molecule has 1 aromatic rings. The highest BCUT2D eigenvalue weighted by atomic mass is 35.5. The molecule has 1 fully saturated rings. The van der Waals surface area contributed by atoms with Gasteiger partial charge in [0.2, 0.25) is 0 Å². The number of nitrogens with zero attached hydrogens (tertiary/aromatic N) is 1. The Kier molecular flexibility index (Phi) is 5.05. The zero-order valence-electron chi connectivity index (χ0n) is 11.2. The zero-order valence-corrected chi connectivity index (χ0v) is 11.9. The van der Waals surface area contributed by atoms with Gasteiger partial charge in [-0.2, -0.15) is 0 Å². The van der Waals surface area contributed by atoms with Gasteiger partial charge in [-0.3, -0.25) is 4.99 Å². The summed E-state index contributed by atoms with van der Waals surface area (Å²) in [6, 6.07) is 5.77. The quantitative estimate of drug-likeness (QED) is 0.388. The summed E-state index contributed by atoms with van der Waals surface area (Å²) >= 11 is 6.04. The van der Waals surface area contributed by atoms with Crippen molar-refractivity contribution in [3.8, 4) is 5.75 Å². The van der Waals surface area contributed by atoms with E-state index < -0.39 is 0 Å². The van der Waals surface area contributed by atoms with Gasteiger partial charge in [-0.1, -0.05) is 30.9 Å². The first kappa shape index (κ1) is 14.2. The molecule has 0 saturated heterocycles. The van der Waals surface area contributed by atoms with Crippen molar-refractivity contribution in [3.63, 3.8) is 0 Å². The third-order valence-corrected chi connectivity index (χ3v) is 3.67. The number of nitrogens with one attached hydrogen (secondary N) is 1. The largest absolute Gasteiger partial charge is 0.496 e. The number of rotatable bonds is 3. The van der Waals surface area contributed by atoms with Crippen LogP contribution in [-0.4, -0.2) is 19.0 Å². The standard InChI is InChI=1S/C14H20ClN3O/c1-19-13-8-7-10(15)9-12(13)14(18-16)17-11-5-3-2-4-6-11/h7-9,11H,2-6,16H2,1H3,(H,17,18). The van der Waals surface area contributed by atoms with Crippen LogP contribution in [0.5, 0.6) is 5.75 Å². The van der Waals surface area contributed by atoms with Crippen LogP contribution in [0.2, 0.25) is 5.02 Å². The van der Waals surface area contributed by atoms with Crippen molar-refractivity contribution >= 4 is 17.4 Å². The first-order chi connectivity index (χ1) is 9.24. The average Bonchev–Trinajstić information content (AvgIpc) is 2.46. The van der Waals surface area contributed by atoms with E-state index in [0.717, 1.165) is 24.2 Å². The molecule has 1 saturated carbocycles. The van der Waals surface area contributed by atoms with E-state index in [9.17, 15) is 0 Å². The van der Waals surface area contributed by atoms with E-state index in [1.54, 1.807) is 13.2 Å². The Labute approximate surface area is 119 Å². The maximum Gasteiger partial charge on any atom is 0.146 e. The summed E-state index contributed by atoms with van der Waals surface area (Å²) in [5.41, 5.74) is 3.49. The van der Waals surface area contributed by atoms with Crippen LogP contribution in [0.1, 0.15) is 37.7 Å². The summed E-state index contributed by atoms with van der Waals surface area (Å²) in [4.78, 5) is 4.72. The molecule has 1 aromatic carbocycles. The van der Waals surface area contributed by atoms with Crippen LogP contribution < -0.4 is 16.0 Å². The fourth-order valence-electron chi connectivity index (χ4n) is 2.44. The number of halogens is 1. The Morgan fingerprint density at radius 3 is 2.74 bits per heavy atom. The number of hydrogen-bond donors (Lipinski definition) is 2. The molecule has 0 aromatic heterocycles. The van der Waals surface area contributed by atoms with Gasteiger partial charge in [0, 0.05) is 5.02 Å².